The zero-order valence-electron chi connectivity index (χ0n) is 15.1. The number of amides is 1. The summed E-state index contributed by atoms with van der Waals surface area (Å²) in [6.45, 7) is 2.34. The van der Waals surface area contributed by atoms with Crippen LogP contribution >= 0.6 is 0 Å². The number of rotatable bonds is 5. The summed E-state index contributed by atoms with van der Waals surface area (Å²) in [5.41, 5.74) is 1.46. The van der Waals surface area contributed by atoms with E-state index in [1.54, 1.807) is 23.2 Å². The molecule has 1 unspecified atom stereocenters. The molecule has 0 radical (unpaired) electrons. The molecular weight excluding hydrogens is 347 g/mol. The molecule has 2 saturated heterocycles. The van der Waals surface area contributed by atoms with Gasteiger partial charge in [-0.05, 0) is 35.7 Å². The highest BCUT2D eigenvalue weighted by molar-refractivity contribution is 5.80. The maximum absolute atomic E-state index is 13.3. The first kappa shape index (κ1) is 18.1. The van der Waals surface area contributed by atoms with Gasteiger partial charge in [0.25, 0.3) is 0 Å². The van der Waals surface area contributed by atoms with Gasteiger partial charge in [-0.2, -0.15) is 0 Å². The predicted molar refractivity (Wildman–Crippen MR) is 97.4 cm³/mol. The van der Waals surface area contributed by atoms with Crippen LogP contribution in [-0.2, 0) is 27.3 Å². The van der Waals surface area contributed by atoms with Gasteiger partial charge in [-0.15, -0.1) is 0 Å². The average molecular weight is 370 g/mol. The molecule has 1 spiro atoms. The molecule has 2 aliphatic rings. The van der Waals surface area contributed by atoms with Gasteiger partial charge < -0.3 is 14.4 Å². The summed E-state index contributed by atoms with van der Waals surface area (Å²) < 4.78 is 25.3. The molecule has 2 fully saturated rings. The van der Waals surface area contributed by atoms with Crippen molar-refractivity contribution in [3.8, 4) is 0 Å². The SMILES string of the molecule is O=C(Cc1cccc(F)c1)N1CC2(CC(OCc3cccnc3)CCO2)C1. The molecule has 5 nitrogen and oxygen atoms in total. The van der Waals surface area contributed by atoms with E-state index in [-0.39, 0.29) is 29.9 Å². The first-order chi connectivity index (χ1) is 13.1. The smallest absolute Gasteiger partial charge is 0.227 e. The van der Waals surface area contributed by atoms with Crippen LogP contribution < -0.4 is 0 Å². The van der Waals surface area contributed by atoms with E-state index in [1.807, 2.05) is 18.3 Å². The fourth-order valence-electron chi connectivity index (χ4n) is 3.80. The van der Waals surface area contributed by atoms with Crippen molar-refractivity contribution >= 4 is 5.91 Å². The summed E-state index contributed by atoms with van der Waals surface area (Å²) in [4.78, 5) is 18.3. The van der Waals surface area contributed by atoms with E-state index in [0.29, 0.717) is 31.9 Å². The number of carbonyl (C=O) groups is 1. The van der Waals surface area contributed by atoms with E-state index in [2.05, 4.69) is 4.98 Å². The molecule has 2 aliphatic heterocycles. The van der Waals surface area contributed by atoms with Crippen molar-refractivity contribution in [3.05, 3.63) is 65.7 Å². The third-order valence-electron chi connectivity index (χ3n) is 5.21. The quantitative estimate of drug-likeness (QED) is 0.812. The predicted octanol–water partition coefficient (Wildman–Crippen LogP) is 2.74. The van der Waals surface area contributed by atoms with Crippen LogP contribution in [0.15, 0.2) is 48.8 Å². The second kappa shape index (κ2) is 7.74. The zero-order chi connectivity index (χ0) is 18.7. The molecular formula is C21H23FN2O3. The number of hydrogen-bond acceptors (Lipinski definition) is 4. The van der Waals surface area contributed by atoms with E-state index >= 15 is 0 Å². The van der Waals surface area contributed by atoms with Gasteiger partial charge in [0, 0.05) is 25.4 Å². The van der Waals surface area contributed by atoms with Gasteiger partial charge in [0.1, 0.15) is 11.4 Å². The minimum atomic E-state index is -0.315. The van der Waals surface area contributed by atoms with E-state index in [1.165, 1.54) is 12.1 Å². The maximum Gasteiger partial charge on any atom is 0.227 e. The number of pyridine rings is 1. The lowest BCUT2D eigenvalue weighted by Gasteiger charge is -2.53. The van der Waals surface area contributed by atoms with Gasteiger partial charge in [0.05, 0.1) is 32.2 Å². The van der Waals surface area contributed by atoms with Crippen LogP contribution in [0.25, 0.3) is 0 Å². The number of carbonyl (C=O) groups excluding carboxylic acids is 1. The van der Waals surface area contributed by atoms with Crippen molar-refractivity contribution in [2.75, 3.05) is 19.7 Å². The number of benzene rings is 1. The molecule has 0 saturated carbocycles. The lowest BCUT2D eigenvalue weighted by atomic mass is 9.84. The van der Waals surface area contributed by atoms with E-state index < -0.39 is 0 Å². The van der Waals surface area contributed by atoms with E-state index in [9.17, 15) is 9.18 Å². The molecule has 4 rings (SSSR count). The molecule has 1 atom stereocenters. The number of nitrogens with zero attached hydrogens (tertiary/aromatic N) is 2. The standard InChI is InChI=1S/C21H23FN2O3/c22-18-5-1-3-16(9-18)10-20(25)24-14-21(15-24)11-19(6-8-27-21)26-13-17-4-2-7-23-12-17/h1-5,7,9,12,19H,6,8,10-11,13-15H2. The Morgan fingerprint density at radius 1 is 1.30 bits per heavy atom. The number of hydrogen-bond donors (Lipinski definition) is 0. The van der Waals surface area contributed by atoms with Gasteiger partial charge in [-0.25, -0.2) is 4.39 Å². The molecule has 0 N–H and O–H groups in total. The first-order valence-electron chi connectivity index (χ1n) is 9.29. The Labute approximate surface area is 158 Å². The highest BCUT2D eigenvalue weighted by Gasteiger charge is 2.49. The number of likely N-dealkylation sites (tertiary alicyclic amines) is 1. The fraction of sp³-hybridized carbons (Fsp3) is 0.429. The van der Waals surface area contributed by atoms with Crippen molar-refractivity contribution < 1.29 is 18.7 Å². The molecule has 27 heavy (non-hydrogen) atoms. The number of aromatic nitrogens is 1. The van der Waals surface area contributed by atoms with Crippen LogP contribution in [-0.4, -0.2) is 47.2 Å². The van der Waals surface area contributed by atoms with Gasteiger partial charge in [-0.1, -0.05) is 18.2 Å². The Bertz CT molecular complexity index is 793. The van der Waals surface area contributed by atoms with Crippen LogP contribution in [0, 0.1) is 5.82 Å². The summed E-state index contributed by atoms with van der Waals surface area (Å²) in [5, 5.41) is 0. The monoisotopic (exact) mass is 370 g/mol. The molecule has 1 aromatic carbocycles. The third kappa shape index (κ3) is 4.34. The van der Waals surface area contributed by atoms with Crippen molar-refractivity contribution in [3.63, 3.8) is 0 Å². The molecule has 1 aromatic heterocycles. The van der Waals surface area contributed by atoms with Crippen LogP contribution in [0.5, 0.6) is 0 Å². The van der Waals surface area contributed by atoms with E-state index in [4.69, 9.17) is 9.47 Å². The van der Waals surface area contributed by atoms with Gasteiger partial charge >= 0.3 is 0 Å². The van der Waals surface area contributed by atoms with Crippen molar-refractivity contribution in [1.29, 1.82) is 0 Å². The second-order valence-corrected chi connectivity index (χ2v) is 7.38. The number of halogens is 1. The van der Waals surface area contributed by atoms with Crippen molar-refractivity contribution in [1.82, 2.24) is 9.88 Å². The van der Waals surface area contributed by atoms with Crippen molar-refractivity contribution in [2.45, 2.75) is 37.6 Å². The van der Waals surface area contributed by atoms with Crippen LogP contribution in [0.4, 0.5) is 4.39 Å². The topological polar surface area (TPSA) is 51.7 Å². The largest absolute Gasteiger partial charge is 0.373 e. The second-order valence-electron chi connectivity index (χ2n) is 7.38. The van der Waals surface area contributed by atoms with Crippen LogP contribution in [0.2, 0.25) is 0 Å². The summed E-state index contributed by atoms with van der Waals surface area (Å²) in [5.74, 6) is -0.308. The minimum absolute atomic E-state index is 0.00762. The normalized spacial score (nSPS) is 21.1. The molecule has 1 amide bonds. The molecule has 3 heterocycles. The minimum Gasteiger partial charge on any atom is -0.373 e. The van der Waals surface area contributed by atoms with E-state index in [0.717, 1.165) is 18.4 Å². The first-order valence-corrected chi connectivity index (χ1v) is 9.29. The molecule has 142 valence electrons. The Hall–Kier alpha value is -2.31. The van der Waals surface area contributed by atoms with Gasteiger partial charge in [0.2, 0.25) is 5.91 Å². The Morgan fingerprint density at radius 2 is 2.15 bits per heavy atom. The Kier molecular flexibility index (Phi) is 5.18. The fourth-order valence-corrected chi connectivity index (χ4v) is 3.80. The zero-order valence-corrected chi connectivity index (χ0v) is 15.1. The molecule has 0 bridgehead atoms. The maximum atomic E-state index is 13.3. The Balaban J connectivity index is 1.27. The molecule has 2 aromatic rings. The summed E-state index contributed by atoms with van der Waals surface area (Å²) in [6.07, 6.45) is 5.55. The lowest BCUT2D eigenvalue weighted by Crippen LogP contribution is -2.67. The van der Waals surface area contributed by atoms with Gasteiger partial charge in [-0.3, -0.25) is 9.78 Å². The van der Waals surface area contributed by atoms with Gasteiger partial charge in [0.15, 0.2) is 0 Å². The highest BCUT2D eigenvalue weighted by atomic mass is 19.1. The lowest BCUT2D eigenvalue weighted by molar-refractivity contribution is -0.202. The van der Waals surface area contributed by atoms with Crippen LogP contribution in [0.1, 0.15) is 24.0 Å². The Morgan fingerprint density at radius 3 is 2.93 bits per heavy atom. The average Bonchev–Trinajstić information content (AvgIpc) is 2.65. The molecule has 6 heteroatoms. The summed E-state index contributed by atoms with van der Waals surface area (Å²) in [6, 6.07) is 10.1. The van der Waals surface area contributed by atoms with Crippen LogP contribution in [0.3, 0.4) is 0 Å². The summed E-state index contributed by atoms with van der Waals surface area (Å²) in [7, 11) is 0. The highest BCUT2D eigenvalue weighted by Crippen LogP contribution is 2.35. The third-order valence-corrected chi connectivity index (χ3v) is 5.21. The molecule has 0 aliphatic carbocycles. The van der Waals surface area contributed by atoms with Crippen molar-refractivity contribution in [2.24, 2.45) is 0 Å². The summed E-state index contributed by atoms with van der Waals surface area (Å²) >= 11 is 0. The number of ether oxygens (including phenoxy) is 2.